The zero-order chi connectivity index (χ0) is 20.3. The maximum atomic E-state index is 12.7. The molecule has 1 atom stereocenters. The molecule has 1 fully saturated rings. The van der Waals surface area contributed by atoms with Crippen molar-refractivity contribution in [3.63, 3.8) is 0 Å². The van der Waals surface area contributed by atoms with Gasteiger partial charge in [-0.2, -0.15) is 5.10 Å². The standard InChI is InChI=1S/C16H11ClN6O4S/c17-9-1-3-10(4-2-9)22-15(25)12(14(24)20-16(22)28)8-19-21-13-6-5-11(7-18-13)23(26)27/h1-8,12H,(H,18,21)(H,20,24,28)/b19-8-/t12-/m1/s1. The van der Waals surface area contributed by atoms with Crippen LogP contribution in [0.25, 0.3) is 0 Å². The first kappa shape index (κ1) is 19.3. The van der Waals surface area contributed by atoms with Crippen LogP contribution >= 0.6 is 23.8 Å². The van der Waals surface area contributed by atoms with Crippen molar-refractivity contribution in [3.05, 3.63) is 57.7 Å². The van der Waals surface area contributed by atoms with E-state index in [2.05, 4.69) is 20.8 Å². The van der Waals surface area contributed by atoms with E-state index in [9.17, 15) is 19.7 Å². The van der Waals surface area contributed by atoms with Crippen LogP contribution in [0.5, 0.6) is 0 Å². The number of nitrogens with zero attached hydrogens (tertiary/aromatic N) is 4. The van der Waals surface area contributed by atoms with Crippen LogP contribution in [-0.4, -0.2) is 33.0 Å². The normalized spacial score (nSPS) is 17.0. The van der Waals surface area contributed by atoms with Crippen molar-refractivity contribution in [2.45, 2.75) is 0 Å². The molecule has 1 aromatic heterocycles. The molecule has 0 bridgehead atoms. The van der Waals surface area contributed by atoms with E-state index in [1.165, 1.54) is 17.0 Å². The highest BCUT2D eigenvalue weighted by Crippen LogP contribution is 2.22. The lowest BCUT2D eigenvalue weighted by Gasteiger charge is -2.30. The molecule has 28 heavy (non-hydrogen) atoms. The Hall–Kier alpha value is -3.44. The van der Waals surface area contributed by atoms with E-state index in [0.29, 0.717) is 10.7 Å². The molecule has 0 saturated carbocycles. The van der Waals surface area contributed by atoms with E-state index in [1.807, 2.05) is 0 Å². The minimum atomic E-state index is -1.23. The molecule has 1 saturated heterocycles. The fourth-order valence-corrected chi connectivity index (χ4v) is 2.72. The SMILES string of the molecule is O=C1NC(=S)N(c2ccc(Cl)cc2)C(=O)[C@@H]1/C=N\Nc1ccc([N+](=O)[O-])cn1. The number of hydrogen-bond acceptors (Lipinski definition) is 8. The van der Waals surface area contributed by atoms with Gasteiger partial charge in [0.15, 0.2) is 11.0 Å². The first-order valence-corrected chi connectivity index (χ1v) is 8.49. The highest BCUT2D eigenvalue weighted by atomic mass is 35.5. The van der Waals surface area contributed by atoms with Crippen LogP contribution in [0.15, 0.2) is 47.7 Å². The number of aromatic nitrogens is 1. The second-order valence-corrected chi connectivity index (χ2v) is 6.29. The van der Waals surface area contributed by atoms with Gasteiger partial charge in [0.2, 0.25) is 5.91 Å². The van der Waals surface area contributed by atoms with Crippen molar-refractivity contribution >= 4 is 64.2 Å². The molecule has 1 aromatic carbocycles. The van der Waals surface area contributed by atoms with Gasteiger partial charge in [0.05, 0.1) is 10.6 Å². The van der Waals surface area contributed by atoms with Crippen LogP contribution in [0.3, 0.4) is 0 Å². The van der Waals surface area contributed by atoms with Gasteiger partial charge in [0.25, 0.3) is 11.6 Å². The van der Waals surface area contributed by atoms with Gasteiger partial charge in [0.1, 0.15) is 12.0 Å². The van der Waals surface area contributed by atoms with E-state index in [-0.39, 0.29) is 16.6 Å². The summed E-state index contributed by atoms with van der Waals surface area (Å²) in [7, 11) is 0. The minimum Gasteiger partial charge on any atom is -0.301 e. The van der Waals surface area contributed by atoms with Crippen LogP contribution in [0.1, 0.15) is 0 Å². The van der Waals surface area contributed by atoms with Gasteiger partial charge in [-0.25, -0.2) is 4.98 Å². The van der Waals surface area contributed by atoms with Gasteiger partial charge in [-0.1, -0.05) is 11.6 Å². The number of thiocarbonyl (C=S) groups is 1. The maximum Gasteiger partial charge on any atom is 0.287 e. The quantitative estimate of drug-likeness (QED) is 0.250. The Balaban J connectivity index is 1.74. The molecule has 0 aliphatic carbocycles. The molecule has 0 unspecified atom stereocenters. The van der Waals surface area contributed by atoms with E-state index in [1.54, 1.807) is 24.3 Å². The number of hydrogen-bond donors (Lipinski definition) is 2. The molecule has 10 nitrogen and oxygen atoms in total. The number of nitro groups is 1. The van der Waals surface area contributed by atoms with Gasteiger partial charge in [0, 0.05) is 17.3 Å². The third kappa shape index (κ3) is 4.10. The Morgan fingerprint density at radius 1 is 1.29 bits per heavy atom. The Morgan fingerprint density at radius 2 is 2.00 bits per heavy atom. The topological polar surface area (TPSA) is 130 Å². The van der Waals surface area contributed by atoms with Crippen molar-refractivity contribution in [2.75, 3.05) is 10.3 Å². The van der Waals surface area contributed by atoms with Crippen molar-refractivity contribution in [1.29, 1.82) is 0 Å². The van der Waals surface area contributed by atoms with E-state index in [0.717, 1.165) is 12.4 Å². The monoisotopic (exact) mass is 418 g/mol. The van der Waals surface area contributed by atoms with E-state index in [4.69, 9.17) is 23.8 Å². The van der Waals surface area contributed by atoms with Crippen molar-refractivity contribution in [3.8, 4) is 0 Å². The lowest BCUT2D eigenvalue weighted by atomic mass is 10.1. The number of halogens is 1. The molecule has 2 amide bonds. The van der Waals surface area contributed by atoms with Crippen molar-refractivity contribution in [1.82, 2.24) is 10.3 Å². The van der Waals surface area contributed by atoms with Crippen LogP contribution in [0, 0.1) is 16.0 Å². The average molecular weight is 419 g/mol. The summed E-state index contributed by atoms with van der Waals surface area (Å²) in [5.74, 6) is -2.23. The molecule has 12 heteroatoms. The summed E-state index contributed by atoms with van der Waals surface area (Å²) in [6.45, 7) is 0. The number of carbonyl (C=O) groups is 2. The second-order valence-electron chi connectivity index (χ2n) is 5.47. The Labute approximate surface area is 168 Å². The van der Waals surface area contributed by atoms with Gasteiger partial charge < -0.3 is 5.32 Å². The maximum absolute atomic E-state index is 12.7. The minimum absolute atomic E-state index is 0.0491. The third-order valence-electron chi connectivity index (χ3n) is 3.65. The Kier molecular flexibility index (Phi) is 5.57. The molecule has 1 aliphatic heterocycles. The predicted molar refractivity (Wildman–Crippen MR) is 106 cm³/mol. The molecule has 2 heterocycles. The number of hydrazone groups is 1. The van der Waals surface area contributed by atoms with Crippen molar-refractivity contribution < 1.29 is 14.5 Å². The lowest BCUT2D eigenvalue weighted by molar-refractivity contribution is -0.385. The van der Waals surface area contributed by atoms with E-state index < -0.39 is 22.7 Å². The summed E-state index contributed by atoms with van der Waals surface area (Å²) < 4.78 is 0. The van der Waals surface area contributed by atoms with E-state index >= 15 is 0 Å². The number of benzene rings is 1. The number of rotatable bonds is 5. The molecular formula is C16H11ClN6O4S. The van der Waals surface area contributed by atoms with Crippen LogP contribution in [-0.2, 0) is 9.59 Å². The number of anilines is 2. The molecule has 2 N–H and O–H groups in total. The van der Waals surface area contributed by atoms with Crippen LogP contribution in [0.2, 0.25) is 5.02 Å². The number of nitrogens with one attached hydrogen (secondary N) is 2. The van der Waals surface area contributed by atoms with Crippen LogP contribution < -0.4 is 15.6 Å². The third-order valence-corrected chi connectivity index (χ3v) is 4.18. The highest BCUT2D eigenvalue weighted by Gasteiger charge is 2.38. The Morgan fingerprint density at radius 3 is 2.61 bits per heavy atom. The molecule has 0 spiro atoms. The molecule has 3 rings (SSSR count). The smallest absolute Gasteiger partial charge is 0.287 e. The molecule has 2 aromatic rings. The van der Waals surface area contributed by atoms with Crippen molar-refractivity contribution in [2.24, 2.45) is 11.0 Å². The van der Waals surface area contributed by atoms with Gasteiger partial charge >= 0.3 is 0 Å². The summed E-state index contributed by atoms with van der Waals surface area (Å²) in [6.07, 6.45) is 2.16. The zero-order valence-corrected chi connectivity index (χ0v) is 15.5. The largest absolute Gasteiger partial charge is 0.301 e. The molecule has 1 aliphatic rings. The van der Waals surface area contributed by atoms with Gasteiger partial charge in [-0.3, -0.25) is 30.0 Å². The summed E-state index contributed by atoms with van der Waals surface area (Å²) in [5, 5.41) is 17.3. The molecule has 142 valence electrons. The summed E-state index contributed by atoms with van der Waals surface area (Å²) >= 11 is 10.9. The van der Waals surface area contributed by atoms with Gasteiger partial charge in [-0.05, 0) is 42.5 Å². The first-order chi connectivity index (χ1) is 13.4. The molecule has 0 radical (unpaired) electrons. The summed E-state index contributed by atoms with van der Waals surface area (Å²) in [4.78, 5) is 39.9. The number of amides is 2. The van der Waals surface area contributed by atoms with Gasteiger partial charge in [-0.15, -0.1) is 0 Å². The van der Waals surface area contributed by atoms with Crippen LogP contribution in [0.4, 0.5) is 17.2 Å². The average Bonchev–Trinajstić information content (AvgIpc) is 2.66. The number of carbonyl (C=O) groups excluding carboxylic acids is 2. The fourth-order valence-electron chi connectivity index (χ4n) is 2.29. The lowest BCUT2D eigenvalue weighted by Crippen LogP contribution is -2.58. The summed E-state index contributed by atoms with van der Waals surface area (Å²) in [5.41, 5.74) is 2.78. The fraction of sp³-hybridized carbons (Fsp3) is 0.0625. The zero-order valence-electron chi connectivity index (χ0n) is 13.9. The Bertz CT molecular complexity index is 980. The second kappa shape index (κ2) is 8.06. The summed E-state index contributed by atoms with van der Waals surface area (Å²) in [6, 6.07) is 8.95. The predicted octanol–water partition coefficient (Wildman–Crippen LogP) is 2.10. The highest BCUT2D eigenvalue weighted by molar-refractivity contribution is 7.80. The number of pyridine rings is 1. The first-order valence-electron chi connectivity index (χ1n) is 7.71. The molecular weight excluding hydrogens is 408 g/mol.